The smallest absolute Gasteiger partial charge is 0.316 e. The fraction of sp³-hybridized carbons (Fsp3) is 0.353. The minimum Gasteiger partial charge on any atom is -0.460 e. The van der Waals surface area contributed by atoms with Crippen molar-refractivity contribution >= 4 is 5.97 Å². The molecular formula is C17H18O2. The molecule has 2 heteroatoms. The van der Waals surface area contributed by atoms with E-state index in [9.17, 15) is 4.79 Å². The molecule has 98 valence electrons. The van der Waals surface area contributed by atoms with Gasteiger partial charge in [0.15, 0.2) is 0 Å². The molecule has 1 fully saturated rings. The van der Waals surface area contributed by atoms with Gasteiger partial charge in [-0.2, -0.15) is 0 Å². The molecule has 0 N–H and O–H groups in total. The zero-order valence-electron chi connectivity index (χ0n) is 11.1. The topological polar surface area (TPSA) is 26.3 Å². The first-order valence-electron chi connectivity index (χ1n) is 6.71. The van der Waals surface area contributed by atoms with Crippen LogP contribution in [0.4, 0.5) is 0 Å². The summed E-state index contributed by atoms with van der Waals surface area (Å²) in [6.07, 6.45) is 5.32. The predicted octanol–water partition coefficient (Wildman–Crippen LogP) is 3.50. The molecule has 0 aromatic heterocycles. The lowest BCUT2D eigenvalue weighted by molar-refractivity contribution is -0.155. The molecule has 0 heterocycles. The summed E-state index contributed by atoms with van der Waals surface area (Å²) in [7, 11) is 0. The summed E-state index contributed by atoms with van der Waals surface area (Å²) in [5, 5.41) is 0. The highest BCUT2D eigenvalue weighted by molar-refractivity contribution is 5.82. The number of allylic oxidation sites excluding steroid dienone is 2. The molecule has 19 heavy (non-hydrogen) atoms. The third-order valence-electron chi connectivity index (χ3n) is 4.58. The maximum absolute atomic E-state index is 12.4. The van der Waals surface area contributed by atoms with Crippen LogP contribution in [0.15, 0.2) is 54.6 Å². The van der Waals surface area contributed by atoms with Gasteiger partial charge in [-0.05, 0) is 30.7 Å². The minimum absolute atomic E-state index is 0.141. The third kappa shape index (κ3) is 1.83. The average Bonchev–Trinajstić information content (AvgIpc) is 3.01. The molecule has 0 unspecified atom stereocenters. The van der Waals surface area contributed by atoms with Crippen LogP contribution in [0.1, 0.15) is 18.9 Å². The first kappa shape index (κ1) is 12.2. The Morgan fingerprint density at radius 1 is 1.37 bits per heavy atom. The van der Waals surface area contributed by atoms with E-state index in [0.29, 0.717) is 12.5 Å². The molecule has 2 aliphatic carbocycles. The van der Waals surface area contributed by atoms with Gasteiger partial charge < -0.3 is 4.74 Å². The van der Waals surface area contributed by atoms with E-state index in [0.717, 1.165) is 17.6 Å². The Morgan fingerprint density at radius 2 is 2.11 bits per heavy atom. The first-order valence-corrected chi connectivity index (χ1v) is 6.71. The number of carbonyl (C=O) groups excluding carboxylic acids is 1. The zero-order chi connectivity index (χ0) is 13.5. The summed E-state index contributed by atoms with van der Waals surface area (Å²) < 4.78 is 5.50. The Balaban J connectivity index is 1.71. The zero-order valence-corrected chi connectivity index (χ0v) is 11.1. The van der Waals surface area contributed by atoms with Crippen molar-refractivity contribution in [3.05, 3.63) is 60.2 Å². The molecule has 0 saturated heterocycles. The highest BCUT2D eigenvalue weighted by atomic mass is 16.5. The van der Waals surface area contributed by atoms with Gasteiger partial charge in [0, 0.05) is 0 Å². The molecule has 1 aromatic rings. The average molecular weight is 254 g/mol. The van der Waals surface area contributed by atoms with E-state index >= 15 is 0 Å². The van der Waals surface area contributed by atoms with E-state index in [1.165, 1.54) is 0 Å². The highest BCUT2D eigenvalue weighted by Crippen LogP contribution is 2.55. The van der Waals surface area contributed by atoms with Gasteiger partial charge >= 0.3 is 5.97 Å². The monoisotopic (exact) mass is 254 g/mol. The maximum atomic E-state index is 12.4. The molecule has 0 radical (unpaired) electrons. The van der Waals surface area contributed by atoms with Crippen LogP contribution in [0.3, 0.4) is 0 Å². The molecule has 1 saturated carbocycles. The molecule has 0 amide bonds. The summed E-state index contributed by atoms with van der Waals surface area (Å²) in [4.78, 5) is 12.4. The Kier molecular flexibility index (Phi) is 2.81. The van der Waals surface area contributed by atoms with Crippen molar-refractivity contribution in [1.82, 2.24) is 0 Å². The lowest BCUT2D eigenvalue weighted by Crippen LogP contribution is -2.35. The first-order chi connectivity index (χ1) is 9.12. The maximum Gasteiger partial charge on any atom is 0.316 e. The van der Waals surface area contributed by atoms with Crippen molar-refractivity contribution in [1.29, 1.82) is 0 Å². The van der Waals surface area contributed by atoms with Crippen LogP contribution in [0, 0.1) is 17.3 Å². The van der Waals surface area contributed by atoms with E-state index in [2.05, 4.69) is 18.7 Å². The van der Waals surface area contributed by atoms with Crippen molar-refractivity contribution < 1.29 is 9.53 Å². The summed E-state index contributed by atoms with van der Waals surface area (Å²) in [6, 6.07) is 9.78. The molecule has 2 bridgehead atoms. The van der Waals surface area contributed by atoms with Crippen LogP contribution in [-0.4, -0.2) is 5.97 Å². The summed E-state index contributed by atoms with van der Waals surface area (Å²) in [5.74, 6) is 0.478. The number of esters is 1. The van der Waals surface area contributed by atoms with Crippen molar-refractivity contribution in [3.63, 3.8) is 0 Å². The SMILES string of the molecule is C=C1[C@@H]2C=C[C@@H](C2)[C@]1(C)C(=O)OCc1ccccc1. The fourth-order valence-corrected chi connectivity index (χ4v) is 3.16. The molecule has 2 nitrogen and oxygen atoms in total. The number of carbonyl (C=O) groups is 1. The number of fused-ring (bicyclic) bond motifs is 2. The van der Waals surface area contributed by atoms with E-state index in [-0.39, 0.29) is 11.9 Å². The largest absolute Gasteiger partial charge is 0.460 e. The second-order valence-electron chi connectivity index (χ2n) is 5.62. The van der Waals surface area contributed by atoms with E-state index in [1.807, 2.05) is 37.3 Å². The quantitative estimate of drug-likeness (QED) is 0.609. The minimum atomic E-state index is -0.534. The fourth-order valence-electron chi connectivity index (χ4n) is 3.16. The number of hydrogen-bond donors (Lipinski definition) is 0. The second-order valence-corrected chi connectivity index (χ2v) is 5.62. The molecule has 2 aliphatic rings. The summed E-state index contributed by atoms with van der Waals surface area (Å²) in [5.41, 5.74) is 1.50. The van der Waals surface area contributed by atoms with E-state index < -0.39 is 5.41 Å². The van der Waals surface area contributed by atoms with Crippen molar-refractivity contribution in [3.8, 4) is 0 Å². The van der Waals surface area contributed by atoms with Gasteiger partial charge in [0.05, 0.1) is 5.41 Å². The highest BCUT2D eigenvalue weighted by Gasteiger charge is 2.53. The van der Waals surface area contributed by atoms with Crippen LogP contribution in [-0.2, 0) is 16.1 Å². The molecular weight excluding hydrogens is 236 g/mol. The standard InChI is InChI=1S/C17H18O2/c1-12-14-8-9-15(10-14)17(12,2)16(18)19-11-13-6-4-3-5-7-13/h3-9,14-15H,1,10-11H2,2H3/t14-,15+,17-/m1/s1. The molecule has 1 aromatic carbocycles. The van der Waals surface area contributed by atoms with Gasteiger partial charge in [-0.3, -0.25) is 4.79 Å². The number of hydrogen-bond acceptors (Lipinski definition) is 2. The third-order valence-corrected chi connectivity index (χ3v) is 4.58. The van der Waals surface area contributed by atoms with Gasteiger partial charge in [0.1, 0.15) is 6.61 Å². The van der Waals surface area contributed by atoms with Gasteiger partial charge in [-0.1, -0.05) is 54.6 Å². The molecule has 0 aliphatic heterocycles. The van der Waals surface area contributed by atoms with Gasteiger partial charge in [-0.15, -0.1) is 0 Å². The number of benzene rings is 1. The predicted molar refractivity (Wildman–Crippen MR) is 74.2 cm³/mol. The normalized spacial score (nSPS) is 31.7. The Labute approximate surface area is 113 Å². The van der Waals surface area contributed by atoms with Crippen LogP contribution in [0.2, 0.25) is 0 Å². The van der Waals surface area contributed by atoms with Crippen LogP contribution in [0.5, 0.6) is 0 Å². The molecule has 3 rings (SSSR count). The summed E-state index contributed by atoms with van der Waals surface area (Å²) >= 11 is 0. The van der Waals surface area contributed by atoms with Crippen LogP contribution in [0.25, 0.3) is 0 Å². The van der Waals surface area contributed by atoms with E-state index in [4.69, 9.17) is 4.74 Å². The molecule has 0 spiro atoms. The second kappa shape index (κ2) is 4.37. The van der Waals surface area contributed by atoms with Gasteiger partial charge in [0.2, 0.25) is 0 Å². The van der Waals surface area contributed by atoms with E-state index in [1.54, 1.807) is 0 Å². The Hall–Kier alpha value is -1.83. The summed E-state index contributed by atoms with van der Waals surface area (Å²) in [6.45, 7) is 6.42. The lowest BCUT2D eigenvalue weighted by Gasteiger charge is -2.30. The Morgan fingerprint density at radius 3 is 2.74 bits per heavy atom. The van der Waals surface area contributed by atoms with Crippen molar-refractivity contribution in [2.75, 3.05) is 0 Å². The van der Waals surface area contributed by atoms with Gasteiger partial charge in [-0.25, -0.2) is 0 Å². The molecule has 3 atom stereocenters. The van der Waals surface area contributed by atoms with Crippen molar-refractivity contribution in [2.24, 2.45) is 17.3 Å². The lowest BCUT2D eigenvalue weighted by atomic mass is 9.74. The number of ether oxygens (including phenoxy) is 1. The van der Waals surface area contributed by atoms with Crippen molar-refractivity contribution in [2.45, 2.75) is 20.0 Å². The Bertz CT molecular complexity index is 544. The van der Waals surface area contributed by atoms with Crippen LogP contribution < -0.4 is 0 Å². The van der Waals surface area contributed by atoms with Crippen LogP contribution >= 0.6 is 0 Å². The van der Waals surface area contributed by atoms with Gasteiger partial charge in [0.25, 0.3) is 0 Å². The number of rotatable bonds is 3.